The Bertz CT molecular complexity index is 167. The first-order valence-corrected chi connectivity index (χ1v) is 3.53. The maximum absolute atomic E-state index is 9.44. The zero-order chi connectivity index (χ0) is 11.4. The summed E-state index contributed by atoms with van der Waals surface area (Å²) in [6, 6.07) is 0. The number of carbonyl (C=O) groups excluding carboxylic acids is 2. The van der Waals surface area contributed by atoms with Gasteiger partial charge in [-0.05, 0) is 27.7 Å². The fourth-order valence-corrected chi connectivity index (χ4v) is 0. The first kappa shape index (κ1) is 22.9. The van der Waals surface area contributed by atoms with Crippen LogP contribution in [0.15, 0.2) is 12.7 Å². The highest BCUT2D eigenvalue weighted by Crippen LogP contribution is 1.54. The molecule has 0 aliphatic rings. The summed E-state index contributed by atoms with van der Waals surface area (Å²) in [5.74, 6) is -0.648. The first-order chi connectivity index (χ1) is 5.73. The topological polar surface area (TPSA) is 106 Å². The summed E-state index contributed by atoms with van der Waals surface area (Å²) in [6.45, 7) is 9.07. The molecule has 0 unspecified atom stereocenters. The van der Waals surface area contributed by atoms with Gasteiger partial charge in [-0.1, -0.05) is 6.58 Å². The minimum absolute atomic E-state index is 0. The molecule has 0 heterocycles. The van der Waals surface area contributed by atoms with Crippen LogP contribution in [0.1, 0.15) is 27.7 Å². The standard InChI is InChI=1S/C3H4O2.2C3H6O.H3N/c1-2-3(4)5;2*1-3(2)4;/h2H,1H2,(H,4,5);2*1-2H3;1H3. The minimum atomic E-state index is -0.981. The molecule has 0 aromatic heterocycles. The molecule has 5 heteroatoms. The van der Waals surface area contributed by atoms with Gasteiger partial charge in [0.1, 0.15) is 11.6 Å². The SMILES string of the molecule is C=CC(=O)O.CC(C)=O.CC(C)=O.N. The maximum atomic E-state index is 9.44. The highest BCUT2D eigenvalue weighted by Gasteiger charge is 1.73. The molecule has 0 fully saturated rings. The smallest absolute Gasteiger partial charge is 0.327 e. The number of Topliss-reactive ketones (excluding diaryl/α,β-unsaturated/α-hetero) is 2. The molecule has 0 rings (SSSR count). The minimum Gasteiger partial charge on any atom is -0.478 e. The van der Waals surface area contributed by atoms with Gasteiger partial charge < -0.3 is 20.8 Å². The predicted molar refractivity (Wildman–Crippen MR) is 55.6 cm³/mol. The molecule has 14 heavy (non-hydrogen) atoms. The number of hydrogen-bond donors (Lipinski definition) is 2. The van der Waals surface area contributed by atoms with Crippen molar-refractivity contribution in [3.8, 4) is 0 Å². The molecule has 0 aliphatic carbocycles. The van der Waals surface area contributed by atoms with E-state index in [-0.39, 0.29) is 17.7 Å². The Kier molecular flexibility index (Phi) is 28.7. The molecule has 0 bridgehead atoms. The first-order valence-electron chi connectivity index (χ1n) is 3.53. The lowest BCUT2D eigenvalue weighted by molar-refractivity contribution is -0.131. The Morgan fingerprint density at radius 3 is 1.07 bits per heavy atom. The molecular weight excluding hydrogens is 186 g/mol. The fourth-order valence-electron chi connectivity index (χ4n) is 0. The highest BCUT2D eigenvalue weighted by molar-refractivity contribution is 5.78. The van der Waals surface area contributed by atoms with Crippen LogP contribution in [0.5, 0.6) is 0 Å². The van der Waals surface area contributed by atoms with Crippen molar-refractivity contribution < 1.29 is 19.5 Å². The average molecular weight is 205 g/mol. The number of hydrogen-bond acceptors (Lipinski definition) is 4. The largest absolute Gasteiger partial charge is 0.478 e. The summed E-state index contributed by atoms with van der Waals surface area (Å²) in [5, 5.41) is 7.60. The second-order valence-corrected chi connectivity index (χ2v) is 2.36. The van der Waals surface area contributed by atoms with E-state index in [1.54, 1.807) is 0 Å². The van der Waals surface area contributed by atoms with Gasteiger partial charge >= 0.3 is 5.97 Å². The van der Waals surface area contributed by atoms with Gasteiger partial charge in [0.25, 0.3) is 0 Å². The Labute approximate surface area is 84.4 Å². The lowest BCUT2D eigenvalue weighted by atomic mass is 10.6. The number of rotatable bonds is 1. The zero-order valence-corrected chi connectivity index (χ0v) is 9.16. The van der Waals surface area contributed by atoms with E-state index in [0.29, 0.717) is 0 Å². The van der Waals surface area contributed by atoms with E-state index in [9.17, 15) is 14.4 Å². The number of ketones is 2. The molecule has 0 aromatic rings. The van der Waals surface area contributed by atoms with Gasteiger partial charge in [0, 0.05) is 6.08 Å². The lowest BCUT2D eigenvalue weighted by Crippen LogP contribution is -1.82. The summed E-state index contributed by atoms with van der Waals surface area (Å²) in [4.78, 5) is 28.1. The van der Waals surface area contributed by atoms with E-state index < -0.39 is 5.97 Å². The molecular formula is C9H19NO4. The lowest BCUT2D eigenvalue weighted by Gasteiger charge is -1.64. The Balaban J connectivity index is -0.0000000522. The normalized spacial score (nSPS) is 6.00. The van der Waals surface area contributed by atoms with Crippen LogP contribution < -0.4 is 6.15 Å². The van der Waals surface area contributed by atoms with Gasteiger partial charge in [-0.15, -0.1) is 0 Å². The van der Waals surface area contributed by atoms with Gasteiger partial charge in [0.05, 0.1) is 0 Å². The third-order valence-corrected chi connectivity index (χ3v) is 0.175. The molecule has 4 N–H and O–H groups in total. The molecule has 0 atom stereocenters. The van der Waals surface area contributed by atoms with E-state index in [4.69, 9.17) is 5.11 Å². The van der Waals surface area contributed by atoms with Crippen molar-refractivity contribution in [1.29, 1.82) is 0 Å². The number of carboxylic acid groups (broad SMARTS) is 1. The second kappa shape index (κ2) is 17.6. The van der Waals surface area contributed by atoms with Gasteiger partial charge in [0.2, 0.25) is 0 Å². The van der Waals surface area contributed by atoms with Crippen LogP contribution in [-0.4, -0.2) is 22.6 Å². The summed E-state index contributed by atoms with van der Waals surface area (Å²) in [5.41, 5.74) is 0. The number of carboxylic acids is 1. The molecule has 0 spiro atoms. The average Bonchev–Trinajstić information content (AvgIpc) is 1.84. The predicted octanol–water partition coefficient (Wildman–Crippen LogP) is 1.61. The number of carbonyl (C=O) groups is 3. The summed E-state index contributed by atoms with van der Waals surface area (Å²) >= 11 is 0. The Morgan fingerprint density at radius 2 is 1.07 bits per heavy atom. The quantitative estimate of drug-likeness (QED) is 0.632. The van der Waals surface area contributed by atoms with Gasteiger partial charge in [-0.2, -0.15) is 0 Å². The van der Waals surface area contributed by atoms with Crippen molar-refractivity contribution in [2.75, 3.05) is 0 Å². The van der Waals surface area contributed by atoms with Crippen molar-refractivity contribution in [3.63, 3.8) is 0 Å². The second-order valence-electron chi connectivity index (χ2n) is 2.36. The van der Waals surface area contributed by atoms with E-state index in [0.717, 1.165) is 6.08 Å². The summed E-state index contributed by atoms with van der Waals surface area (Å²) in [7, 11) is 0. The molecule has 84 valence electrons. The molecule has 0 aromatic carbocycles. The summed E-state index contributed by atoms with van der Waals surface area (Å²) < 4.78 is 0. The van der Waals surface area contributed by atoms with Crippen molar-refractivity contribution in [2.45, 2.75) is 27.7 Å². The molecule has 5 nitrogen and oxygen atoms in total. The maximum Gasteiger partial charge on any atom is 0.327 e. The van der Waals surface area contributed by atoms with E-state index in [2.05, 4.69) is 6.58 Å². The van der Waals surface area contributed by atoms with E-state index >= 15 is 0 Å². The Morgan fingerprint density at radius 1 is 1.00 bits per heavy atom. The van der Waals surface area contributed by atoms with Crippen LogP contribution >= 0.6 is 0 Å². The Hall–Kier alpha value is -1.49. The monoisotopic (exact) mass is 205 g/mol. The van der Waals surface area contributed by atoms with Crippen molar-refractivity contribution >= 4 is 17.5 Å². The molecule has 0 aliphatic heterocycles. The number of aliphatic carboxylic acids is 1. The van der Waals surface area contributed by atoms with Gasteiger partial charge in [-0.25, -0.2) is 4.79 Å². The van der Waals surface area contributed by atoms with Crippen LogP contribution in [0, 0.1) is 0 Å². The zero-order valence-electron chi connectivity index (χ0n) is 9.16. The van der Waals surface area contributed by atoms with Crippen LogP contribution in [0.2, 0.25) is 0 Å². The van der Waals surface area contributed by atoms with E-state index in [1.165, 1.54) is 27.7 Å². The molecule has 0 amide bonds. The van der Waals surface area contributed by atoms with Gasteiger partial charge in [0.15, 0.2) is 0 Å². The van der Waals surface area contributed by atoms with Crippen molar-refractivity contribution in [3.05, 3.63) is 12.7 Å². The highest BCUT2D eigenvalue weighted by atomic mass is 16.4. The molecule has 0 saturated heterocycles. The fraction of sp³-hybridized carbons (Fsp3) is 0.444. The third kappa shape index (κ3) is 3650. The van der Waals surface area contributed by atoms with E-state index in [1.807, 2.05) is 0 Å². The molecule has 0 radical (unpaired) electrons. The van der Waals surface area contributed by atoms with Gasteiger partial charge in [-0.3, -0.25) is 0 Å². The van der Waals surface area contributed by atoms with Crippen molar-refractivity contribution in [2.24, 2.45) is 0 Å². The van der Waals surface area contributed by atoms with Crippen LogP contribution in [0.3, 0.4) is 0 Å². The van der Waals surface area contributed by atoms with Crippen LogP contribution in [0.4, 0.5) is 0 Å². The van der Waals surface area contributed by atoms with Crippen LogP contribution in [-0.2, 0) is 14.4 Å². The molecule has 0 saturated carbocycles. The summed E-state index contributed by atoms with van der Waals surface area (Å²) in [6.07, 6.45) is 0.833. The van der Waals surface area contributed by atoms with Crippen molar-refractivity contribution in [1.82, 2.24) is 6.15 Å². The third-order valence-electron chi connectivity index (χ3n) is 0.175. The van der Waals surface area contributed by atoms with Crippen LogP contribution in [0.25, 0.3) is 0 Å².